The number of thiophene rings is 1. The van der Waals surface area contributed by atoms with Crippen LogP contribution < -0.4 is 15.4 Å². The maximum Gasteiger partial charge on any atom is 0.341 e. The lowest BCUT2D eigenvalue weighted by atomic mass is 10.0. The molecule has 0 radical (unpaired) electrons. The molecule has 1 aromatic heterocycles. The average molecular weight is 591 g/mol. The molecule has 0 aliphatic carbocycles. The summed E-state index contributed by atoms with van der Waals surface area (Å²) >= 11 is 7.26. The third-order valence-electron chi connectivity index (χ3n) is 6.44. The van der Waals surface area contributed by atoms with Gasteiger partial charge < -0.3 is 20.1 Å². The van der Waals surface area contributed by atoms with E-state index in [-0.39, 0.29) is 18.1 Å². The minimum absolute atomic E-state index is 0.199. The highest BCUT2D eigenvalue weighted by atomic mass is 35.5. The van der Waals surface area contributed by atoms with Crippen molar-refractivity contribution in [2.24, 2.45) is 0 Å². The van der Waals surface area contributed by atoms with Crippen LogP contribution in [-0.2, 0) is 16.0 Å². The lowest BCUT2D eigenvalue weighted by molar-refractivity contribution is -0.122. The molecule has 0 bridgehead atoms. The van der Waals surface area contributed by atoms with Crippen molar-refractivity contribution < 1.29 is 23.9 Å². The van der Waals surface area contributed by atoms with Gasteiger partial charge in [0.1, 0.15) is 16.3 Å². The number of nitrogens with one attached hydrogen (secondary N) is 2. The summed E-state index contributed by atoms with van der Waals surface area (Å²) in [6.07, 6.45) is 0.0363. The molecule has 0 saturated carbocycles. The van der Waals surface area contributed by atoms with Gasteiger partial charge in [-0.25, -0.2) is 4.79 Å². The van der Waals surface area contributed by atoms with Crippen molar-refractivity contribution in [3.05, 3.63) is 99.4 Å². The van der Waals surface area contributed by atoms with Gasteiger partial charge in [-0.15, -0.1) is 11.3 Å². The van der Waals surface area contributed by atoms with Gasteiger partial charge in [0.05, 0.1) is 6.61 Å². The van der Waals surface area contributed by atoms with Gasteiger partial charge in [0.25, 0.3) is 11.8 Å². The van der Waals surface area contributed by atoms with Crippen LogP contribution >= 0.6 is 22.9 Å². The van der Waals surface area contributed by atoms with Gasteiger partial charge in [-0.2, -0.15) is 0 Å². The largest absolute Gasteiger partial charge is 0.481 e. The minimum atomic E-state index is -0.761. The van der Waals surface area contributed by atoms with Crippen molar-refractivity contribution in [3.63, 3.8) is 0 Å². The van der Waals surface area contributed by atoms with E-state index in [0.717, 1.165) is 28.8 Å². The van der Waals surface area contributed by atoms with Crippen molar-refractivity contribution >= 4 is 51.4 Å². The molecular formula is C32H31ClN2O5S. The zero-order valence-corrected chi connectivity index (χ0v) is 24.8. The first-order chi connectivity index (χ1) is 19.7. The van der Waals surface area contributed by atoms with Crippen LogP contribution in [0.3, 0.4) is 0 Å². The normalized spacial score (nSPS) is 11.4. The van der Waals surface area contributed by atoms with Crippen LogP contribution in [0, 0.1) is 6.92 Å². The molecule has 41 heavy (non-hydrogen) atoms. The summed E-state index contributed by atoms with van der Waals surface area (Å²) in [7, 11) is 0. The van der Waals surface area contributed by atoms with Crippen LogP contribution in [-0.4, -0.2) is 30.5 Å². The number of amides is 2. The molecule has 0 aliphatic heterocycles. The fraction of sp³-hybridized carbons (Fsp3) is 0.219. The standard InChI is InChI=1S/C32H31ClN2O5S/c1-5-21-9-7-8-19(3)28(21)34-29(36)20(4)40-25-16-12-23(13-17-25)30(37)35-31-27(32(38)39-6-2)26(18-41-31)22-10-14-24(33)15-11-22/h7-18,20H,5-6H2,1-4H3,(H,34,36)(H,35,37). The number of anilines is 2. The summed E-state index contributed by atoms with van der Waals surface area (Å²) in [6.45, 7) is 7.59. The molecule has 2 amide bonds. The number of carbonyl (C=O) groups is 3. The molecule has 0 spiro atoms. The summed E-state index contributed by atoms with van der Waals surface area (Å²) in [6, 6.07) is 19.5. The summed E-state index contributed by atoms with van der Waals surface area (Å²) in [5, 5.41) is 8.57. The Morgan fingerprint density at radius 2 is 1.66 bits per heavy atom. The Morgan fingerprint density at radius 1 is 0.951 bits per heavy atom. The van der Waals surface area contributed by atoms with E-state index in [9.17, 15) is 14.4 Å². The van der Waals surface area contributed by atoms with E-state index in [0.29, 0.717) is 26.9 Å². The van der Waals surface area contributed by atoms with Crippen molar-refractivity contribution in [1.29, 1.82) is 0 Å². The van der Waals surface area contributed by atoms with E-state index < -0.39 is 18.0 Å². The number of esters is 1. The lowest BCUT2D eigenvalue weighted by Gasteiger charge is -2.18. The predicted molar refractivity (Wildman–Crippen MR) is 164 cm³/mol. The Balaban J connectivity index is 1.45. The van der Waals surface area contributed by atoms with Crippen molar-refractivity contribution in [1.82, 2.24) is 0 Å². The van der Waals surface area contributed by atoms with Crippen molar-refractivity contribution in [2.45, 2.75) is 40.2 Å². The van der Waals surface area contributed by atoms with Gasteiger partial charge in [0, 0.05) is 27.2 Å². The predicted octanol–water partition coefficient (Wildman–Crippen LogP) is 7.77. The number of ether oxygens (including phenoxy) is 2. The summed E-state index contributed by atoms with van der Waals surface area (Å²) in [5.41, 5.74) is 4.91. The SMILES string of the molecule is CCOC(=O)c1c(-c2ccc(Cl)cc2)csc1NC(=O)c1ccc(OC(C)C(=O)Nc2c(C)cccc2CC)cc1. The minimum Gasteiger partial charge on any atom is -0.481 e. The molecule has 4 aromatic rings. The molecule has 0 aliphatic rings. The van der Waals surface area contributed by atoms with Crippen LogP contribution in [0.1, 0.15) is 52.6 Å². The number of hydrogen-bond donors (Lipinski definition) is 2. The Bertz CT molecular complexity index is 1550. The first-order valence-electron chi connectivity index (χ1n) is 13.2. The summed E-state index contributed by atoms with van der Waals surface area (Å²) < 4.78 is 11.1. The zero-order valence-electron chi connectivity index (χ0n) is 23.2. The molecule has 9 heteroatoms. The van der Waals surface area contributed by atoms with Crippen LogP contribution in [0.15, 0.2) is 72.1 Å². The first-order valence-corrected chi connectivity index (χ1v) is 14.5. The fourth-order valence-electron chi connectivity index (χ4n) is 4.24. The average Bonchev–Trinajstić information content (AvgIpc) is 3.38. The molecular weight excluding hydrogens is 560 g/mol. The second-order valence-electron chi connectivity index (χ2n) is 9.27. The number of aryl methyl sites for hydroxylation is 2. The second-order valence-corrected chi connectivity index (χ2v) is 10.6. The molecule has 1 atom stereocenters. The number of rotatable bonds is 10. The Hall–Kier alpha value is -4.14. The number of carbonyl (C=O) groups excluding carboxylic acids is 3. The van der Waals surface area contributed by atoms with Crippen molar-refractivity contribution in [3.8, 4) is 16.9 Å². The van der Waals surface area contributed by atoms with Crippen LogP contribution in [0.25, 0.3) is 11.1 Å². The van der Waals surface area contributed by atoms with Crippen LogP contribution in [0.5, 0.6) is 5.75 Å². The number of para-hydroxylation sites is 1. The topological polar surface area (TPSA) is 93.7 Å². The molecule has 0 fully saturated rings. The van der Waals surface area contributed by atoms with E-state index in [2.05, 4.69) is 10.6 Å². The number of benzene rings is 3. The molecule has 0 saturated heterocycles. The quantitative estimate of drug-likeness (QED) is 0.184. The highest BCUT2D eigenvalue weighted by Gasteiger charge is 2.23. The van der Waals surface area contributed by atoms with Crippen molar-refractivity contribution in [2.75, 3.05) is 17.2 Å². The molecule has 7 nitrogen and oxygen atoms in total. The van der Waals surface area contributed by atoms with E-state index in [4.69, 9.17) is 21.1 Å². The third kappa shape index (κ3) is 7.14. The van der Waals surface area contributed by atoms with Gasteiger partial charge >= 0.3 is 5.97 Å². The monoisotopic (exact) mass is 590 g/mol. The van der Waals surface area contributed by atoms with E-state index in [1.807, 2.05) is 44.2 Å². The van der Waals surface area contributed by atoms with Gasteiger partial charge in [-0.3, -0.25) is 9.59 Å². The Morgan fingerprint density at radius 3 is 2.32 bits per heavy atom. The molecule has 2 N–H and O–H groups in total. The van der Waals surface area contributed by atoms with Crippen LogP contribution in [0.2, 0.25) is 5.02 Å². The van der Waals surface area contributed by atoms with Crippen LogP contribution in [0.4, 0.5) is 10.7 Å². The molecule has 212 valence electrons. The van der Waals surface area contributed by atoms with Gasteiger partial charge in [0.15, 0.2) is 6.10 Å². The molecule has 1 unspecified atom stereocenters. The molecule has 1 heterocycles. The Kier molecular flexibility index (Phi) is 9.81. The highest BCUT2D eigenvalue weighted by Crippen LogP contribution is 2.37. The maximum atomic E-state index is 13.1. The highest BCUT2D eigenvalue weighted by molar-refractivity contribution is 7.15. The van der Waals surface area contributed by atoms with E-state index >= 15 is 0 Å². The second kappa shape index (κ2) is 13.5. The summed E-state index contributed by atoms with van der Waals surface area (Å²) in [5.74, 6) is -0.750. The number of halogens is 1. The zero-order chi connectivity index (χ0) is 29.5. The fourth-order valence-corrected chi connectivity index (χ4v) is 5.32. The van der Waals surface area contributed by atoms with Gasteiger partial charge in [-0.05, 0) is 80.3 Å². The summed E-state index contributed by atoms with van der Waals surface area (Å²) in [4.78, 5) is 38.8. The van der Waals surface area contributed by atoms with Gasteiger partial charge in [-0.1, -0.05) is 48.9 Å². The first kappa shape index (κ1) is 29.8. The third-order valence-corrected chi connectivity index (χ3v) is 7.59. The maximum absolute atomic E-state index is 13.1. The Labute approximate surface area is 248 Å². The molecule has 3 aromatic carbocycles. The smallest absolute Gasteiger partial charge is 0.341 e. The van der Waals surface area contributed by atoms with E-state index in [1.165, 1.54) is 11.3 Å². The van der Waals surface area contributed by atoms with Gasteiger partial charge in [0.2, 0.25) is 0 Å². The van der Waals surface area contributed by atoms with E-state index in [1.54, 1.807) is 55.6 Å². The lowest BCUT2D eigenvalue weighted by Crippen LogP contribution is -2.30. The number of hydrogen-bond acceptors (Lipinski definition) is 6. The molecule has 4 rings (SSSR count).